The maximum Gasteiger partial charge on any atom is 0.416 e. The van der Waals surface area contributed by atoms with E-state index in [1.54, 1.807) is 12.2 Å². The van der Waals surface area contributed by atoms with Crippen molar-refractivity contribution >= 4 is 28.0 Å². The maximum atomic E-state index is 12.7. The lowest BCUT2D eigenvalue weighted by molar-refractivity contribution is -0.137. The summed E-state index contributed by atoms with van der Waals surface area (Å²) in [5.41, 5.74) is 2.00. The molecule has 28 heavy (non-hydrogen) atoms. The highest BCUT2D eigenvalue weighted by atomic mass is 32.2. The third-order valence-corrected chi connectivity index (χ3v) is 4.91. The van der Waals surface area contributed by atoms with Gasteiger partial charge >= 0.3 is 6.18 Å². The van der Waals surface area contributed by atoms with E-state index in [-0.39, 0.29) is 5.56 Å². The summed E-state index contributed by atoms with van der Waals surface area (Å²) in [6, 6.07) is 13.3. The molecule has 2 rings (SSSR count). The van der Waals surface area contributed by atoms with E-state index < -0.39 is 39.0 Å². The van der Waals surface area contributed by atoms with E-state index in [2.05, 4.69) is 10.5 Å². The number of allylic oxidation sites excluding steroid dienone is 1. The van der Waals surface area contributed by atoms with E-state index in [1.165, 1.54) is 12.3 Å². The summed E-state index contributed by atoms with van der Waals surface area (Å²) < 4.78 is 62.1. The highest BCUT2D eigenvalue weighted by Gasteiger charge is 2.30. The molecule has 148 valence electrons. The van der Waals surface area contributed by atoms with Crippen LogP contribution >= 0.6 is 0 Å². The molecule has 0 aliphatic rings. The molecule has 9 heteroatoms. The molecule has 0 saturated heterocycles. The Labute approximate surface area is 160 Å². The molecule has 5 nitrogen and oxygen atoms in total. The molecule has 0 aliphatic heterocycles. The summed E-state index contributed by atoms with van der Waals surface area (Å²) in [7, 11) is -3.95. The molecule has 0 fully saturated rings. The molecule has 0 atom stereocenters. The zero-order valence-electron chi connectivity index (χ0n) is 14.6. The van der Waals surface area contributed by atoms with E-state index >= 15 is 0 Å². The minimum Gasteiger partial charge on any atom is -0.272 e. The third-order valence-electron chi connectivity index (χ3n) is 3.43. The van der Waals surface area contributed by atoms with Gasteiger partial charge in [0.05, 0.1) is 11.3 Å². The molecule has 0 bridgehead atoms. The lowest BCUT2D eigenvalue weighted by Crippen LogP contribution is -2.27. The number of nitrogens with zero attached hydrogens (tertiary/aromatic N) is 1. The molecule has 0 unspecified atom stereocenters. The van der Waals surface area contributed by atoms with Crippen molar-refractivity contribution in [2.24, 2.45) is 5.10 Å². The fourth-order valence-corrected chi connectivity index (χ4v) is 3.50. The number of hydrazone groups is 1. The Morgan fingerprint density at radius 1 is 1.07 bits per heavy atom. The van der Waals surface area contributed by atoms with Gasteiger partial charge in [-0.2, -0.15) is 18.3 Å². The number of nitrogens with one attached hydrogen (secondary N) is 1. The third kappa shape index (κ3) is 7.36. The van der Waals surface area contributed by atoms with Gasteiger partial charge in [0.1, 0.15) is 5.75 Å². The van der Waals surface area contributed by atoms with E-state index in [9.17, 15) is 26.4 Å². The van der Waals surface area contributed by atoms with Crippen molar-refractivity contribution in [3.63, 3.8) is 0 Å². The zero-order chi connectivity index (χ0) is 20.6. The van der Waals surface area contributed by atoms with Crippen LogP contribution in [0.4, 0.5) is 13.2 Å². The predicted octanol–water partition coefficient (Wildman–Crippen LogP) is 3.44. The topological polar surface area (TPSA) is 75.6 Å². The van der Waals surface area contributed by atoms with Gasteiger partial charge in [-0.15, -0.1) is 0 Å². The van der Waals surface area contributed by atoms with Crippen LogP contribution in [-0.2, 0) is 26.6 Å². The molecule has 2 aromatic rings. The molecule has 1 amide bonds. The van der Waals surface area contributed by atoms with Gasteiger partial charge in [0.2, 0.25) is 0 Å². The van der Waals surface area contributed by atoms with Gasteiger partial charge in [0.25, 0.3) is 5.91 Å². The smallest absolute Gasteiger partial charge is 0.272 e. The monoisotopic (exact) mass is 410 g/mol. The van der Waals surface area contributed by atoms with Crippen molar-refractivity contribution in [1.82, 2.24) is 5.43 Å². The second-order valence-corrected chi connectivity index (χ2v) is 7.88. The molecular formula is C19H17F3N2O3S. The first-order valence-electron chi connectivity index (χ1n) is 8.06. The van der Waals surface area contributed by atoms with Crippen LogP contribution < -0.4 is 5.43 Å². The fraction of sp³-hybridized carbons (Fsp3) is 0.158. The lowest BCUT2D eigenvalue weighted by Gasteiger charge is -2.09. The number of alkyl halides is 3. The fourth-order valence-electron chi connectivity index (χ4n) is 2.25. The number of amides is 1. The lowest BCUT2D eigenvalue weighted by atomic mass is 10.1. The summed E-state index contributed by atoms with van der Waals surface area (Å²) in [6.07, 6.45) is 0.0102. The molecule has 0 radical (unpaired) electrons. The number of sulfone groups is 1. The minimum absolute atomic E-state index is 0.0445. The Hall–Kier alpha value is -2.94. The predicted molar refractivity (Wildman–Crippen MR) is 101 cm³/mol. The number of hydrogen-bond acceptors (Lipinski definition) is 4. The molecule has 0 saturated carbocycles. The normalized spacial score (nSPS) is 12.5. The van der Waals surface area contributed by atoms with E-state index in [1.807, 2.05) is 30.3 Å². The summed E-state index contributed by atoms with van der Waals surface area (Å²) >= 11 is 0. The van der Waals surface area contributed by atoms with Crippen LogP contribution in [0.3, 0.4) is 0 Å². The van der Waals surface area contributed by atoms with Crippen molar-refractivity contribution in [2.75, 3.05) is 5.75 Å². The summed E-state index contributed by atoms with van der Waals surface area (Å²) in [4.78, 5) is 11.7. The molecule has 0 heterocycles. The molecule has 0 aliphatic carbocycles. The van der Waals surface area contributed by atoms with E-state index in [0.29, 0.717) is 0 Å². The van der Waals surface area contributed by atoms with Gasteiger partial charge in [-0.05, 0) is 23.3 Å². The number of rotatable bonds is 7. The van der Waals surface area contributed by atoms with Crippen LogP contribution in [0.5, 0.6) is 0 Å². The van der Waals surface area contributed by atoms with Crippen LogP contribution in [0.1, 0.15) is 16.7 Å². The van der Waals surface area contributed by atoms with Crippen molar-refractivity contribution < 1.29 is 26.4 Å². The van der Waals surface area contributed by atoms with Crippen LogP contribution in [-0.4, -0.2) is 26.3 Å². The first-order valence-corrected chi connectivity index (χ1v) is 9.88. The van der Waals surface area contributed by atoms with E-state index in [0.717, 1.165) is 23.8 Å². The van der Waals surface area contributed by atoms with Gasteiger partial charge in [-0.3, -0.25) is 4.79 Å². The Balaban J connectivity index is 1.88. The zero-order valence-corrected chi connectivity index (χ0v) is 15.4. The number of carbonyl (C=O) groups is 1. The first-order chi connectivity index (χ1) is 13.2. The number of benzene rings is 2. The van der Waals surface area contributed by atoms with Crippen molar-refractivity contribution in [2.45, 2.75) is 11.9 Å². The summed E-state index contributed by atoms with van der Waals surface area (Å²) in [5, 5.41) is 3.60. The SMILES string of the molecule is O=C(CS(=O)(=O)Cc1cccc(C(F)(F)F)c1)N/N=C\C=C\c1ccccc1. The summed E-state index contributed by atoms with van der Waals surface area (Å²) in [5.74, 6) is -2.44. The molecular weight excluding hydrogens is 393 g/mol. The van der Waals surface area contributed by atoms with Gasteiger partial charge in [0, 0.05) is 6.21 Å². The second-order valence-electron chi connectivity index (χ2n) is 5.81. The minimum atomic E-state index is -4.57. The largest absolute Gasteiger partial charge is 0.416 e. The molecule has 1 N–H and O–H groups in total. The average Bonchev–Trinajstić information content (AvgIpc) is 2.61. The highest BCUT2D eigenvalue weighted by molar-refractivity contribution is 7.91. The number of hydrogen-bond donors (Lipinski definition) is 1. The Morgan fingerprint density at radius 2 is 1.79 bits per heavy atom. The Bertz CT molecular complexity index is 969. The van der Waals surface area contributed by atoms with Crippen molar-refractivity contribution in [3.05, 3.63) is 77.4 Å². The van der Waals surface area contributed by atoms with Gasteiger partial charge in [-0.1, -0.05) is 54.6 Å². The Kier molecular flexibility index (Phi) is 7.11. The van der Waals surface area contributed by atoms with E-state index in [4.69, 9.17) is 0 Å². The Morgan fingerprint density at radius 3 is 2.46 bits per heavy atom. The van der Waals surface area contributed by atoms with Crippen molar-refractivity contribution in [3.8, 4) is 0 Å². The second kappa shape index (κ2) is 9.32. The van der Waals surface area contributed by atoms with Gasteiger partial charge < -0.3 is 0 Å². The molecule has 2 aromatic carbocycles. The van der Waals surface area contributed by atoms with Gasteiger partial charge in [-0.25, -0.2) is 13.8 Å². The summed E-state index contributed by atoms with van der Waals surface area (Å²) in [6.45, 7) is 0. The van der Waals surface area contributed by atoms with Crippen LogP contribution in [0.25, 0.3) is 6.08 Å². The standard InChI is InChI=1S/C19H17F3N2O3S/c20-19(21,22)17-10-4-8-16(12-17)13-28(26,27)14-18(25)24-23-11-5-9-15-6-2-1-3-7-15/h1-12H,13-14H2,(H,24,25)/b9-5+,23-11-. The molecule has 0 aromatic heterocycles. The van der Waals surface area contributed by atoms with Crippen LogP contribution in [0.2, 0.25) is 0 Å². The quantitative estimate of drug-likeness (QED) is 0.561. The molecule has 0 spiro atoms. The number of carbonyl (C=O) groups excluding carboxylic acids is 1. The number of halogens is 3. The van der Waals surface area contributed by atoms with Gasteiger partial charge in [0.15, 0.2) is 9.84 Å². The van der Waals surface area contributed by atoms with Crippen LogP contribution in [0, 0.1) is 0 Å². The first kappa shape index (κ1) is 21.4. The van der Waals surface area contributed by atoms with Crippen LogP contribution in [0.15, 0.2) is 65.8 Å². The average molecular weight is 410 g/mol. The maximum absolute atomic E-state index is 12.7. The highest BCUT2D eigenvalue weighted by Crippen LogP contribution is 2.29. The van der Waals surface area contributed by atoms with Crippen molar-refractivity contribution in [1.29, 1.82) is 0 Å².